The number of carbonyl (C=O) groups is 4. The van der Waals surface area contributed by atoms with Crippen LogP contribution in [0.2, 0.25) is 0 Å². The Kier molecular flexibility index (Phi) is 21.7. The third-order valence-electron chi connectivity index (χ3n) is 11.5. The van der Waals surface area contributed by atoms with Crippen LogP contribution in [0.1, 0.15) is 92.6 Å². The number of rotatable bonds is 18. The van der Waals surface area contributed by atoms with Gasteiger partial charge < -0.3 is 38.7 Å². The number of ether oxygens (including phenoxy) is 4. The van der Waals surface area contributed by atoms with E-state index >= 15 is 0 Å². The van der Waals surface area contributed by atoms with Gasteiger partial charge in [-0.3, -0.25) is 9.59 Å². The summed E-state index contributed by atoms with van der Waals surface area (Å²) in [5.41, 5.74) is 4.39. The second-order valence-electron chi connectivity index (χ2n) is 16.4. The maximum absolute atomic E-state index is 13.3. The van der Waals surface area contributed by atoms with Gasteiger partial charge in [-0.05, 0) is 119 Å². The number of aryl methyl sites for hydroxylation is 2. The third kappa shape index (κ3) is 15.3. The Bertz CT molecular complexity index is 2890. The van der Waals surface area contributed by atoms with Gasteiger partial charge in [0.15, 0.2) is 23.0 Å². The van der Waals surface area contributed by atoms with Crippen molar-refractivity contribution < 1.29 is 168 Å². The summed E-state index contributed by atoms with van der Waals surface area (Å²) in [5, 5.41) is 22.1. The number of sulfonamides is 2. The zero-order chi connectivity index (χ0) is 50.0. The summed E-state index contributed by atoms with van der Waals surface area (Å²) in [6, 6.07) is 34.6. The average Bonchev–Trinajstić information content (AvgIpc) is 4.03. The summed E-state index contributed by atoms with van der Waals surface area (Å²) in [6.07, 6.45) is 3.78. The van der Waals surface area contributed by atoms with Crippen molar-refractivity contribution >= 4 is 43.8 Å². The van der Waals surface area contributed by atoms with Gasteiger partial charge in [0.25, 0.3) is 20.0 Å². The first-order chi connectivity index (χ1) is 33.5. The van der Waals surface area contributed by atoms with Crippen molar-refractivity contribution in [2.45, 2.75) is 74.0 Å². The molecule has 72 heavy (non-hydrogen) atoms. The minimum absolute atomic E-state index is 0. The normalized spacial score (nSPS) is 12.9. The van der Waals surface area contributed by atoms with Crippen LogP contribution in [0.5, 0.6) is 23.0 Å². The Hall–Kier alpha value is -4.43. The molecule has 0 fully saturated rings. The van der Waals surface area contributed by atoms with Crippen molar-refractivity contribution in [2.24, 2.45) is 0 Å². The zero-order valence-electron chi connectivity index (χ0n) is 40.0. The molecule has 0 aliphatic carbocycles. The second kappa shape index (κ2) is 26.7. The smallest absolute Gasteiger partial charge is 0.545 e. The third-order valence-corrected chi connectivity index (χ3v) is 14.2. The molecule has 8 rings (SSSR count). The van der Waals surface area contributed by atoms with E-state index in [2.05, 4.69) is 9.44 Å². The SMILES string of the molecule is CCCc1ccc(S(=O)(=O)NC(=O)C(Cc2ccc(C(=O)[O-])cc2)c2ccc3c(c2)OCO3)cc1.CCCc1ccc(S(=O)(=O)NC(=O)C(Cc2ccc(C(=O)[O-])cc2)c2ccc3c(c2)OCO3)cc1.[K+].[K+]. The second-order valence-corrected chi connectivity index (χ2v) is 19.8. The number of nitrogens with one attached hydrogen (secondary N) is 2. The largest absolute Gasteiger partial charge is 1.00 e. The molecular weight excluding hydrogens is 1020 g/mol. The summed E-state index contributed by atoms with van der Waals surface area (Å²) >= 11 is 0. The minimum Gasteiger partial charge on any atom is -0.545 e. The maximum Gasteiger partial charge on any atom is 1.00 e. The van der Waals surface area contributed by atoms with Crippen LogP contribution in [0.3, 0.4) is 0 Å². The molecule has 2 atom stereocenters. The maximum atomic E-state index is 13.3. The van der Waals surface area contributed by atoms with Crippen LogP contribution in [-0.4, -0.2) is 54.2 Å². The number of hydrogen-bond acceptors (Lipinski definition) is 14. The summed E-state index contributed by atoms with van der Waals surface area (Å²) in [4.78, 5) is 48.7. The fourth-order valence-electron chi connectivity index (χ4n) is 7.78. The van der Waals surface area contributed by atoms with Crippen molar-refractivity contribution in [1.82, 2.24) is 9.44 Å². The van der Waals surface area contributed by atoms with Gasteiger partial charge in [0.2, 0.25) is 25.4 Å². The fourth-order valence-corrected chi connectivity index (χ4v) is 9.82. The molecule has 2 amide bonds. The molecule has 2 N–H and O–H groups in total. The average molecular weight is 1070 g/mol. The van der Waals surface area contributed by atoms with E-state index in [4.69, 9.17) is 18.9 Å². The van der Waals surface area contributed by atoms with Gasteiger partial charge >= 0.3 is 103 Å². The molecule has 2 unspecified atom stereocenters. The molecule has 0 saturated carbocycles. The van der Waals surface area contributed by atoms with E-state index in [-0.39, 0.29) is 150 Å². The summed E-state index contributed by atoms with van der Waals surface area (Å²) in [7, 11) is -8.21. The molecule has 2 heterocycles. The standard InChI is InChI=1S/2C26H25NO7S.2K/c2*1-2-3-17-6-11-21(12-7-17)35(31,32)27-25(28)22(14-18-4-8-19(9-5-18)26(29)30)20-10-13-23-24(15-20)34-16-33-23;;/h2*4-13,15,22H,2-3,14,16H2,1H3,(H,27,28)(H,29,30);;/q;;2*+1/p-2. The van der Waals surface area contributed by atoms with Crippen LogP contribution >= 0.6 is 0 Å². The van der Waals surface area contributed by atoms with Crippen molar-refractivity contribution in [3.8, 4) is 23.0 Å². The predicted octanol–water partition coefficient (Wildman–Crippen LogP) is -0.867. The number of amides is 2. The van der Waals surface area contributed by atoms with E-state index in [9.17, 15) is 46.2 Å². The number of hydrogen-bond donors (Lipinski definition) is 2. The van der Waals surface area contributed by atoms with Gasteiger partial charge in [0.1, 0.15) is 0 Å². The predicted molar refractivity (Wildman–Crippen MR) is 251 cm³/mol. The Morgan fingerprint density at radius 3 is 1.11 bits per heavy atom. The van der Waals surface area contributed by atoms with E-state index in [1.807, 2.05) is 13.8 Å². The summed E-state index contributed by atoms with van der Waals surface area (Å²) in [5.74, 6) is -3.85. The molecule has 0 bridgehead atoms. The topological polar surface area (TPSA) is 244 Å². The Morgan fingerprint density at radius 1 is 0.472 bits per heavy atom. The molecule has 2 aliphatic rings. The van der Waals surface area contributed by atoms with Crippen LogP contribution in [-0.2, 0) is 55.3 Å². The van der Waals surface area contributed by atoms with Gasteiger partial charge in [-0.15, -0.1) is 0 Å². The van der Waals surface area contributed by atoms with Crippen molar-refractivity contribution in [3.63, 3.8) is 0 Å². The molecule has 20 heteroatoms. The summed E-state index contributed by atoms with van der Waals surface area (Å²) in [6.45, 7) is 4.19. The van der Waals surface area contributed by atoms with Crippen LogP contribution in [0.25, 0.3) is 0 Å². The van der Waals surface area contributed by atoms with E-state index in [1.165, 1.54) is 48.5 Å². The Labute approximate surface area is 503 Å². The molecule has 16 nitrogen and oxygen atoms in total. The first kappa shape index (κ1) is 58.5. The van der Waals surface area contributed by atoms with Gasteiger partial charge in [-0.25, -0.2) is 26.3 Å². The number of carboxylic acids is 2. The monoisotopic (exact) mass is 1070 g/mol. The number of carboxylic acid groups (broad SMARTS) is 2. The van der Waals surface area contributed by atoms with E-state index in [0.717, 1.165) is 36.8 Å². The minimum atomic E-state index is -4.11. The quantitative estimate of drug-likeness (QED) is 0.0996. The summed E-state index contributed by atoms with van der Waals surface area (Å²) < 4.78 is 77.7. The first-order valence-electron chi connectivity index (χ1n) is 22.2. The van der Waals surface area contributed by atoms with Gasteiger partial charge in [-0.1, -0.05) is 112 Å². The van der Waals surface area contributed by atoms with E-state index < -0.39 is 55.6 Å². The molecule has 6 aromatic carbocycles. The zero-order valence-corrected chi connectivity index (χ0v) is 47.9. The molecule has 0 saturated heterocycles. The Balaban J connectivity index is 0.000000260. The molecule has 0 spiro atoms. The number of aromatic carboxylic acids is 2. The molecule has 6 aromatic rings. The van der Waals surface area contributed by atoms with Crippen LogP contribution in [0, 0.1) is 0 Å². The van der Waals surface area contributed by atoms with Crippen molar-refractivity contribution in [1.29, 1.82) is 0 Å². The first-order valence-corrected chi connectivity index (χ1v) is 25.2. The van der Waals surface area contributed by atoms with Gasteiger partial charge in [-0.2, -0.15) is 0 Å². The fraction of sp³-hybridized carbons (Fsp3) is 0.231. The molecule has 364 valence electrons. The van der Waals surface area contributed by atoms with Gasteiger partial charge in [0.05, 0.1) is 33.6 Å². The van der Waals surface area contributed by atoms with E-state index in [1.54, 1.807) is 84.9 Å². The number of benzene rings is 6. The van der Waals surface area contributed by atoms with Crippen LogP contribution < -0.4 is 141 Å². The Morgan fingerprint density at radius 2 is 0.792 bits per heavy atom. The molecule has 0 radical (unpaired) electrons. The van der Waals surface area contributed by atoms with E-state index in [0.29, 0.717) is 45.3 Å². The molecule has 2 aliphatic heterocycles. The molecule has 0 aromatic heterocycles. The number of carbonyl (C=O) groups excluding carboxylic acids is 4. The molecular formula is C52H48K2N2O14S2. The van der Waals surface area contributed by atoms with Crippen LogP contribution in [0.4, 0.5) is 0 Å². The number of fused-ring (bicyclic) bond motifs is 2. The van der Waals surface area contributed by atoms with Crippen LogP contribution in [0.15, 0.2) is 143 Å². The van der Waals surface area contributed by atoms with Crippen molar-refractivity contribution in [2.75, 3.05) is 13.6 Å². The van der Waals surface area contributed by atoms with Gasteiger partial charge in [0, 0.05) is 0 Å². The van der Waals surface area contributed by atoms with Crippen molar-refractivity contribution in [3.05, 3.63) is 178 Å².